The first kappa shape index (κ1) is 21.2. The van der Waals surface area contributed by atoms with Gasteiger partial charge in [-0.3, -0.25) is 0 Å². The molecule has 4 nitrogen and oxygen atoms in total. The summed E-state index contributed by atoms with van der Waals surface area (Å²) in [6.07, 6.45) is -5.97. The van der Waals surface area contributed by atoms with Gasteiger partial charge in [0.15, 0.2) is 0 Å². The van der Waals surface area contributed by atoms with E-state index in [9.17, 15) is 23.1 Å². The number of carbonyl (C=O) groups is 1. The molecule has 2 atom stereocenters. The zero-order chi connectivity index (χ0) is 22.0. The van der Waals surface area contributed by atoms with Gasteiger partial charge in [0.1, 0.15) is 6.09 Å². The quantitative estimate of drug-likeness (QED) is 0.612. The van der Waals surface area contributed by atoms with Crippen molar-refractivity contribution in [3.05, 3.63) is 83.4 Å². The number of halogens is 3. The van der Waals surface area contributed by atoms with Gasteiger partial charge in [0.25, 0.3) is 0 Å². The molecule has 31 heavy (non-hydrogen) atoms. The largest absolute Gasteiger partial charge is 0.530 e. The zero-order valence-corrected chi connectivity index (χ0v) is 16.6. The molecule has 1 saturated heterocycles. The second kappa shape index (κ2) is 8.59. The summed E-state index contributed by atoms with van der Waals surface area (Å²) in [5, 5.41) is 13.5. The molecule has 1 aliphatic rings. The molecule has 0 radical (unpaired) electrons. The van der Waals surface area contributed by atoms with Crippen LogP contribution in [0.3, 0.4) is 0 Å². The van der Waals surface area contributed by atoms with Crippen LogP contribution >= 0.6 is 0 Å². The van der Waals surface area contributed by atoms with Crippen LogP contribution in [-0.2, 0) is 17.5 Å². The highest BCUT2D eigenvalue weighted by Gasteiger charge is 2.34. The molecule has 0 N–H and O–H groups in total. The van der Waals surface area contributed by atoms with Gasteiger partial charge in [-0.05, 0) is 40.5 Å². The van der Waals surface area contributed by atoms with E-state index in [0.29, 0.717) is 12.0 Å². The fraction of sp³-hybridized carbons (Fsp3) is 0.292. The molecular formula is C24H21F3NO3-. The van der Waals surface area contributed by atoms with Gasteiger partial charge in [0, 0.05) is 19.0 Å². The lowest BCUT2D eigenvalue weighted by atomic mass is 9.86. The third kappa shape index (κ3) is 4.82. The molecule has 0 spiro atoms. The molecule has 2 unspecified atom stereocenters. The predicted molar refractivity (Wildman–Crippen MR) is 108 cm³/mol. The number of carbonyl (C=O) groups excluding carboxylic acids is 1. The van der Waals surface area contributed by atoms with Gasteiger partial charge in [0.05, 0.1) is 18.3 Å². The van der Waals surface area contributed by atoms with Gasteiger partial charge >= 0.3 is 6.18 Å². The molecule has 0 bridgehead atoms. The normalized spacial score (nSPS) is 19.5. The predicted octanol–water partition coefficient (Wildman–Crippen LogP) is 4.58. The Balaban J connectivity index is 1.56. The number of nitrogens with zero attached hydrogens (tertiary/aromatic N) is 1. The van der Waals surface area contributed by atoms with Crippen molar-refractivity contribution < 1.29 is 27.8 Å². The maximum absolute atomic E-state index is 13.2. The summed E-state index contributed by atoms with van der Waals surface area (Å²) in [4.78, 5) is 12.5. The highest BCUT2D eigenvalue weighted by Crippen LogP contribution is 2.35. The number of likely N-dealkylation sites (tertiary alicyclic amines) is 1. The summed E-state index contributed by atoms with van der Waals surface area (Å²) in [7, 11) is 0. The number of hydrogen-bond donors (Lipinski definition) is 0. The van der Waals surface area contributed by atoms with Gasteiger partial charge < -0.3 is 19.5 Å². The van der Waals surface area contributed by atoms with Gasteiger partial charge in [-0.2, -0.15) is 13.2 Å². The van der Waals surface area contributed by atoms with Crippen molar-refractivity contribution in [3.63, 3.8) is 0 Å². The van der Waals surface area contributed by atoms with Crippen LogP contribution in [0.25, 0.3) is 10.8 Å². The lowest BCUT2D eigenvalue weighted by Gasteiger charge is -2.40. The number of benzene rings is 3. The van der Waals surface area contributed by atoms with Crippen molar-refractivity contribution >= 4 is 16.9 Å². The molecule has 7 heteroatoms. The van der Waals surface area contributed by atoms with Crippen molar-refractivity contribution in [1.29, 1.82) is 0 Å². The number of carboxylic acid groups (broad SMARTS) is 1. The number of piperidine rings is 1. The van der Waals surface area contributed by atoms with Crippen molar-refractivity contribution in [2.75, 3.05) is 13.1 Å². The first-order valence-corrected chi connectivity index (χ1v) is 10.0. The first-order chi connectivity index (χ1) is 14.8. The van der Waals surface area contributed by atoms with Gasteiger partial charge in [-0.15, -0.1) is 0 Å². The monoisotopic (exact) mass is 428 g/mol. The topological polar surface area (TPSA) is 52.6 Å². The molecule has 3 aromatic carbocycles. The molecule has 162 valence electrons. The maximum atomic E-state index is 13.2. The Kier molecular flexibility index (Phi) is 5.87. The third-order valence-corrected chi connectivity index (χ3v) is 5.74. The summed E-state index contributed by atoms with van der Waals surface area (Å²) in [5.74, 6) is -0.349. The van der Waals surface area contributed by atoms with Crippen LogP contribution in [0.15, 0.2) is 66.7 Å². The summed E-state index contributed by atoms with van der Waals surface area (Å²) in [6.45, 7) is 0.474. The van der Waals surface area contributed by atoms with E-state index in [4.69, 9.17) is 4.74 Å². The number of amides is 1. The van der Waals surface area contributed by atoms with E-state index in [1.807, 2.05) is 42.5 Å². The van der Waals surface area contributed by atoms with E-state index in [-0.39, 0.29) is 25.6 Å². The Morgan fingerprint density at radius 3 is 2.55 bits per heavy atom. The SMILES string of the molecule is O=C([O-])N1CCC(c2cccc(C(F)(F)F)c2)C(OCc2ccc3ccccc3c2)C1. The van der Waals surface area contributed by atoms with E-state index in [1.54, 1.807) is 6.07 Å². The number of hydrogen-bond acceptors (Lipinski definition) is 3. The van der Waals surface area contributed by atoms with E-state index in [2.05, 4.69) is 0 Å². The minimum Gasteiger partial charge on any atom is -0.530 e. The Labute approximate surface area is 177 Å². The molecule has 0 saturated carbocycles. The first-order valence-electron chi connectivity index (χ1n) is 10.0. The highest BCUT2D eigenvalue weighted by atomic mass is 19.4. The fourth-order valence-electron chi connectivity index (χ4n) is 4.11. The average Bonchev–Trinajstić information content (AvgIpc) is 2.77. The molecule has 0 aliphatic carbocycles. The minimum atomic E-state index is -4.44. The molecule has 1 heterocycles. The number of fused-ring (bicyclic) bond motifs is 1. The van der Waals surface area contributed by atoms with E-state index >= 15 is 0 Å². The molecule has 1 fully saturated rings. The number of rotatable bonds is 4. The van der Waals surface area contributed by atoms with Gasteiger partial charge in [0.2, 0.25) is 0 Å². The Morgan fingerprint density at radius 1 is 1.03 bits per heavy atom. The van der Waals surface area contributed by atoms with Gasteiger partial charge in [-0.25, -0.2) is 0 Å². The number of alkyl halides is 3. The molecule has 4 rings (SSSR count). The number of ether oxygens (including phenoxy) is 1. The van der Waals surface area contributed by atoms with Crippen LogP contribution in [-0.4, -0.2) is 30.2 Å². The highest BCUT2D eigenvalue weighted by molar-refractivity contribution is 5.82. The van der Waals surface area contributed by atoms with Crippen molar-refractivity contribution in [3.8, 4) is 0 Å². The van der Waals surface area contributed by atoms with Crippen LogP contribution in [0.2, 0.25) is 0 Å². The standard InChI is InChI=1S/C24H22F3NO3/c25-24(26,27)20-7-3-6-19(13-20)21-10-11-28(23(29)30)14-22(21)31-15-16-8-9-17-4-1-2-5-18(17)12-16/h1-9,12-13,21-22H,10-11,14-15H2,(H,29,30)/p-1. The van der Waals surface area contributed by atoms with Crippen LogP contribution < -0.4 is 5.11 Å². The lowest BCUT2D eigenvalue weighted by Crippen LogP contribution is -2.51. The van der Waals surface area contributed by atoms with Gasteiger partial charge in [-0.1, -0.05) is 54.6 Å². The summed E-state index contributed by atoms with van der Waals surface area (Å²) >= 11 is 0. The lowest BCUT2D eigenvalue weighted by molar-refractivity contribution is -0.268. The van der Waals surface area contributed by atoms with Crippen molar-refractivity contribution in [1.82, 2.24) is 4.90 Å². The molecule has 0 aromatic heterocycles. The average molecular weight is 428 g/mol. The minimum absolute atomic E-state index is 0.0524. The Hall–Kier alpha value is -3.06. The Morgan fingerprint density at radius 2 is 1.81 bits per heavy atom. The van der Waals surface area contributed by atoms with Crippen LogP contribution in [0.1, 0.15) is 29.0 Å². The summed E-state index contributed by atoms with van der Waals surface area (Å²) in [5.41, 5.74) is 0.684. The second-order valence-corrected chi connectivity index (χ2v) is 7.76. The summed E-state index contributed by atoms with van der Waals surface area (Å²) in [6, 6.07) is 19.0. The molecular weight excluding hydrogens is 407 g/mol. The Bertz CT molecular complexity index is 1080. The van der Waals surface area contributed by atoms with E-state index in [1.165, 1.54) is 6.07 Å². The molecule has 1 aliphatic heterocycles. The summed E-state index contributed by atoms with van der Waals surface area (Å²) < 4.78 is 45.6. The maximum Gasteiger partial charge on any atom is 0.416 e. The fourth-order valence-corrected chi connectivity index (χ4v) is 4.11. The second-order valence-electron chi connectivity index (χ2n) is 7.76. The van der Waals surface area contributed by atoms with Crippen LogP contribution in [0.4, 0.5) is 18.0 Å². The molecule has 3 aromatic rings. The van der Waals surface area contributed by atoms with Crippen LogP contribution in [0.5, 0.6) is 0 Å². The van der Waals surface area contributed by atoms with E-state index in [0.717, 1.165) is 33.4 Å². The van der Waals surface area contributed by atoms with E-state index < -0.39 is 23.9 Å². The molecule has 1 amide bonds. The smallest absolute Gasteiger partial charge is 0.416 e. The van der Waals surface area contributed by atoms with Crippen molar-refractivity contribution in [2.24, 2.45) is 0 Å². The van der Waals surface area contributed by atoms with Crippen molar-refractivity contribution in [2.45, 2.75) is 31.2 Å². The third-order valence-electron chi connectivity index (χ3n) is 5.74. The van der Waals surface area contributed by atoms with Crippen LogP contribution in [0, 0.1) is 0 Å². The zero-order valence-electron chi connectivity index (χ0n) is 16.6.